The van der Waals surface area contributed by atoms with E-state index in [1.54, 1.807) is 0 Å². The molecular weight excluding hydrogens is 450 g/mol. The molecule has 6 N–H and O–H groups in total. The molecule has 2 aliphatic rings. The van der Waals surface area contributed by atoms with Gasteiger partial charge in [-0.3, -0.25) is 18.9 Å². The molecule has 27 heavy (non-hydrogen) atoms. The molecule has 164 valence electrons. The van der Waals surface area contributed by atoms with Crippen molar-refractivity contribution in [2.45, 2.75) is 12.6 Å². The first kappa shape index (κ1) is 27.4. The lowest BCUT2D eigenvalue weighted by Crippen LogP contribution is -2.42. The van der Waals surface area contributed by atoms with E-state index in [1.807, 2.05) is 0 Å². The van der Waals surface area contributed by atoms with Crippen LogP contribution >= 0.6 is 30.9 Å². The predicted octanol–water partition coefficient (Wildman–Crippen LogP) is 0.226. The molecule has 0 unspecified atom stereocenters. The van der Waals surface area contributed by atoms with Crippen molar-refractivity contribution in [1.29, 1.82) is 0 Å². The summed E-state index contributed by atoms with van der Waals surface area (Å²) in [4.78, 5) is 4.14. The highest BCUT2D eigenvalue weighted by Crippen LogP contribution is 2.49. The number of nitrogens with one attached hydrogen (secondary N) is 3. The molecule has 0 aliphatic carbocycles. The zero-order valence-electron chi connectivity index (χ0n) is 14.6. The Hall–Kier alpha value is 0.400. The Labute approximate surface area is 168 Å². The van der Waals surface area contributed by atoms with Crippen LogP contribution in [0.15, 0.2) is 0 Å². The predicted molar refractivity (Wildman–Crippen MR) is 102 cm³/mol. The average Bonchev–Trinajstić information content (AvgIpc) is 2.62. The second-order valence-corrected chi connectivity index (χ2v) is 8.92. The summed E-state index contributed by atoms with van der Waals surface area (Å²) in [5.41, 5.74) is 0. The largest absolute Gasteiger partial charge is 0.394 e. The quantitative estimate of drug-likeness (QED) is 0.101. The standard InChI is InChI=1S/C7H15Cl2N2O4P.C4H10N2.H2O4S/c8-2-4-11(5-3-9)16(13)10-7(15-12)1-6-14-16;1-2-6-4-3-5-1;1-5(2,3)4/h7,12H,1-6H2,(H,10,13);5-6H,1-4H2;(H2,1,2,3,4)/t7-,16-;;/m1../s1. The first-order valence-electron chi connectivity index (χ1n) is 7.97. The van der Waals surface area contributed by atoms with Crippen molar-refractivity contribution in [3.05, 3.63) is 0 Å². The van der Waals surface area contributed by atoms with Gasteiger partial charge >= 0.3 is 18.1 Å². The highest BCUT2D eigenvalue weighted by Gasteiger charge is 2.37. The Kier molecular flexibility index (Phi) is 15.5. The van der Waals surface area contributed by atoms with Crippen LogP contribution in [-0.4, -0.2) is 91.3 Å². The molecule has 0 aromatic rings. The lowest BCUT2D eigenvalue weighted by atomic mass is 10.4. The van der Waals surface area contributed by atoms with Gasteiger partial charge in [0.15, 0.2) is 6.23 Å². The summed E-state index contributed by atoms with van der Waals surface area (Å²) < 4.78 is 50.7. The molecule has 2 saturated heterocycles. The van der Waals surface area contributed by atoms with Crippen LogP contribution in [-0.2, 0) is 24.4 Å². The number of nitrogens with zero attached hydrogens (tertiary/aromatic N) is 1. The maximum atomic E-state index is 12.4. The number of rotatable bonds is 6. The number of halogens is 2. The molecule has 0 bridgehead atoms. The van der Waals surface area contributed by atoms with Gasteiger partial charge in [0.1, 0.15) is 0 Å². The summed E-state index contributed by atoms with van der Waals surface area (Å²) >= 11 is 11.2. The van der Waals surface area contributed by atoms with E-state index in [-0.39, 0.29) is 6.61 Å². The molecule has 0 aromatic carbocycles. The third-order valence-corrected chi connectivity index (χ3v) is 5.73. The normalized spacial score (nSPS) is 25.8. The summed E-state index contributed by atoms with van der Waals surface area (Å²) in [6, 6.07) is 0. The van der Waals surface area contributed by atoms with Crippen LogP contribution in [0.4, 0.5) is 0 Å². The van der Waals surface area contributed by atoms with E-state index in [9.17, 15) is 4.57 Å². The lowest BCUT2D eigenvalue weighted by molar-refractivity contribution is -0.286. The summed E-state index contributed by atoms with van der Waals surface area (Å²) in [6.45, 7) is 5.57. The minimum atomic E-state index is -4.67. The van der Waals surface area contributed by atoms with Crippen molar-refractivity contribution in [3.63, 3.8) is 0 Å². The molecular formula is C11H27Cl2N4O8PS. The fourth-order valence-corrected chi connectivity index (χ4v) is 4.65. The molecule has 2 atom stereocenters. The number of piperazine rings is 1. The Morgan fingerprint density at radius 2 is 1.56 bits per heavy atom. The number of alkyl halides is 2. The van der Waals surface area contributed by atoms with E-state index < -0.39 is 24.3 Å². The Morgan fingerprint density at radius 3 is 1.89 bits per heavy atom. The minimum Gasteiger partial charge on any atom is -0.314 e. The van der Waals surface area contributed by atoms with Crippen molar-refractivity contribution in [2.24, 2.45) is 0 Å². The second kappa shape index (κ2) is 15.3. The summed E-state index contributed by atoms with van der Waals surface area (Å²) in [7, 11) is -7.87. The van der Waals surface area contributed by atoms with Gasteiger partial charge in [-0.05, 0) is 0 Å². The monoisotopic (exact) mass is 476 g/mol. The Bertz CT molecular complexity index is 503. The van der Waals surface area contributed by atoms with E-state index in [1.165, 1.54) is 4.67 Å². The Balaban J connectivity index is 0.000000500. The minimum absolute atomic E-state index is 0.247. The van der Waals surface area contributed by atoms with Gasteiger partial charge < -0.3 is 15.2 Å². The Morgan fingerprint density at radius 1 is 1.11 bits per heavy atom. The first-order chi connectivity index (χ1) is 12.7. The fourth-order valence-electron chi connectivity index (χ4n) is 1.98. The molecule has 0 radical (unpaired) electrons. The maximum Gasteiger partial charge on any atom is 0.394 e. The topological polar surface area (TPSA) is 170 Å². The van der Waals surface area contributed by atoms with E-state index in [4.69, 9.17) is 50.5 Å². The third kappa shape index (κ3) is 15.0. The van der Waals surface area contributed by atoms with E-state index in [2.05, 4.69) is 20.6 Å². The van der Waals surface area contributed by atoms with Crippen LogP contribution < -0.4 is 15.7 Å². The van der Waals surface area contributed by atoms with Gasteiger partial charge in [0.2, 0.25) is 0 Å². The van der Waals surface area contributed by atoms with Gasteiger partial charge in [-0.1, -0.05) is 0 Å². The average molecular weight is 477 g/mol. The summed E-state index contributed by atoms with van der Waals surface area (Å²) in [5.74, 6) is 0.632. The van der Waals surface area contributed by atoms with Crippen LogP contribution in [0, 0.1) is 0 Å². The SMILES string of the molecule is C1CNCCN1.O=S(=O)(O)O.O=[P@]1(N(CCCl)CCCl)N[C@H](OO)CCO1. The highest BCUT2D eigenvalue weighted by molar-refractivity contribution is 7.79. The molecule has 2 rings (SSSR count). The number of hydrogen-bond acceptors (Lipinski definition) is 8. The molecule has 2 heterocycles. The van der Waals surface area contributed by atoms with Crippen LogP contribution in [0.25, 0.3) is 0 Å². The van der Waals surface area contributed by atoms with Crippen LogP contribution in [0.2, 0.25) is 0 Å². The molecule has 16 heteroatoms. The molecule has 12 nitrogen and oxygen atoms in total. The zero-order chi connectivity index (χ0) is 20.8. The molecule has 0 amide bonds. The van der Waals surface area contributed by atoms with Crippen LogP contribution in [0.1, 0.15) is 6.42 Å². The van der Waals surface area contributed by atoms with Gasteiger partial charge in [0.25, 0.3) is 0 Å². The van der Waals surface area contributed by atoms with Crippen molar-refractivity contribution in [1.82, 2.24) is 20.4 Å². The highest BCUT2D eigenvalue weighted by atomic mass is 35.5. The third-order valence-electron chi connectivity index (χ3n) is 3.10. The second-order valence-electron chi connectivity index (χ2n) is 5.14. The van der Waals surface area contributed by atoms with Gasteiger partial charge in [0, 0.05) is 57.4 Å². The molecule has 2 aliphatic heterocycles. The van der Waals surface area contributed by atoms with Gasteiger partial charge in [-0.25, -0.2) is 14.6 Å². The molecule has 2 fully saturated rings. The van der Waals surface area contributed by atoms with Crippen molar-refractivity contribution < 1.29 is 36.8 Å². The van der Waals surface area contributed by atoms with E-state index >= 15 is 0 Å². The van der Waals surface area contributed by atoms with Crippen molar-refractivity contribution >= 4 is 41.3 Å². The zero-order valence-corrected chi connectivity index (χ0v) is 17.8. The van der Waals surface area contributed by atoms with Crippen molar-refractivity contribution in [3.8, 4) is 0 Å². The van der Waals surface area contributed by atoms with E-state index in [0.717, 1.165) is 26.2 Å². The smallest absolute Gasteiger partial charge is 0.314 e. The number of hydrogen-bond donors (Lipinski definition) is 6. The lowest BCUT2D eigenvalue weighted by Gasteiger charge is -2.35. The van der Waals surface area contributed by atoms with Crippen LogP contribution in [0.5, 0.6) is 0 Å². The van der Waals surface area contributed by atoms with Gasteiger partial charge in [-0.15, -0.1) is 23.2 Å². The summed E-state index contributed by atoms with van der Waals surface area (Å²) in [6.07, 6.45) is -0.261. The van der Waals surface area contributed by atoms with Gasteiger partial charge in [-0.2, -0.15) is 8.42 Å². The molecule has 0 aromatic heterocycles. The van der Waals surface area contributed by atoms with Gasteiger partial charge in [0.05, 0.1) is 6.61 Å². The van der Waals surface area contributed by atoms with Crippen molar-refractivity contribution in [2.75, 3.05) is 57.6 Å². The van der Waals surface area contributed by atoms with Crippen LogP contribution in [0.3, 0.4) is 0 Å². The first-order valence-corrected chi connectivity index (χ1v) is 12.0. The molecule has 0 saturated carbocycles. The maximum absolute atomic E-state index is 12.4. The molecule has 0 spiro atoms. The summed E-state index contributed by atoms with van der Waals surface area (Å²) in [5, 5.41) is 17.6. The van der Waals surface area contributed by atoms with E-state index in [0.29, 0.717) is 31.3 Å². The fraction of sp³-hybridized carbons (Fsp3) is 1.00.